The summed E-state index contributed by atoms with van der Waals surface area (Å²) >= 11 is 1.47. The Kier molecular flexibility index (Phi) is 3.49. The van der Waals surface area contributed by atoms with Crippen LogP contribution in [-0.2, 0) is 7.05 Å². The van der Waals surface area contributed by atoms with E-state index in [4.69, 9.17) is 0 Å². The maximum Gasteiger partial charge on any atom is 0.282 e. The predicted molar refractivity (Wildman–Crippen MR) is 90.9 cm³/mol. The van der Waals surface area contributed by atoms with Gasteiger partial charge < -0.3 is 14.4 Å². The molecule has 0 atom stereocenters. The SMILES string of the molecule is Cn1ccnc1N1CCN(C(=O)c2nc3ccccc3s2)CC1. The molecule has 118 valence electrons. The summed E-state index contributed by atoms with van der Waals surface area (Å²) in [6.07, 6.45) is 3.74. The van der Waals surface area contributed by atoms with Gasteiger partial charge in [0.2, 0.25) is 5.95 Å². The lowest BCUT2D eigenvalue weighted by Gasteiger charge is -2.34. The van der Waals surface area contributed by atoms with Crippen molar-refractivity contribution in [2.45, 2.75) is 0 Å². The second-order valence-corrected chi connectivity index (χ2v) is 6.63. The van der Waals surface area contributed by atoms with Gasteiger partial charge in [-0.25, -0.2) is 9.97 Å². The van der Waals surface area contributed by atoms with E-state index in [2.05, 4.69) is 14.9 Å². The molecule has 1 fully saturated rings. The van der Waals surface area contributed by atoms with Crippen molar-refractivity contribution >= 4 is 33.4 Å². The maximum absolute atomic E-state index is 12.7. The molecule has 1 aliphatic rings. The highest BCUT2D eigenvalue weighted by Crippen LogP contribution is 2.23. The van der Waals surface area contributed by atoms with Crippen LogP contribution in [-0.4, -0.2) is 51.5 Å². The van der Waals surface area contributed by atoms with Crippen molar-refractivity contribution in [3.63, 3.8) is 0 Å². The predicted octanol–water partition coefficient (Wildman–Crippen LogP) is 1.99. The third-order valence-corrected chi connectivity index (χ3v) is 5.15. The quantitative estimate of drug-likeness (QED) is 0.722. The molecule has 1 aliphatic heterocycles. The minimum absolute atomic E-state index is 0.0330. The van der Waals surface area contributed by atoms with Crippen LogP contribution in [0.2, 0.25) is 0 Å². The number of thiazole rings is 1. The lowest BCUT2D eigenvalue weighted by molar-refractivity contribution is 0.0746. The molecule has 3 aromatic rings. The highest BCUT2D eigenvalue weighted by Gasteiger charge is 2.25. The number of carbonyl (C=O) groups excluding carboxylic acids is 1. The molecule has 4 rings (SSSR count). The smallest absolute Gasteiger partial charge is 0.282 e. The molecule has 23 heavy (non-hydrogen) atoms. The topological polar surface area (TPSA) is 54.3 Å². The largest absolute Gasteiger partial charge is 0.339 e. The first kappa shape index (κ1) is 14.2. The fraction of sp³-hybridized carbons (Fsp3) is 0.312. The van der Waals surface area contributed by atoms with Crippen molar-refractivity contribution in [2.24, 2.45) is 7.05 Å². The van der Waals surface area contributed by atoms with Gasteiger partial charge in [-0.15, -0.1) is 11.3 Å². The van der Waals surface area contributed by atoms with Gasteiger partial charge in [0.15, 0.2) is 5.01 Å². The number of amides is 1. The van der Waals surface area contributed by atoms with E-state index >= 15 is 0 Å². The summed E-state index contributed by atoms with van der Waals surface area (Å²) in [7, 11) is 1.99. The molecule has 0 spiro atoms. The Labute approximate surface area is 138 Å². The molecule has 1 aromatic carbocycles. The average molecular weight is 327 g/mol. The fourth-order valence-corrected chi connectivity index (χ4v) is 3.80. The van der Waals surface area contributed by atoms with Crippen LogP contribution in [0.1, 0.15) is 9.80 Å². The number of rotatable bonds is 2. The van der Waals surface area contributed by atoms with Crippen molar-refractivity contribution in [3.8, 4) is 0 Å². The number of nitrogens with zero attached hydrogens (tertiary/aromatic N) is 5. The molecule has 0 radical (unpaired) electrons. The number of fused-ring (bicyclic) bond motifs is 1. The first-order valence-corrected chi connectivity index (χ1v) is 8.41. The van der Waals surface area contributed by atoms with Crippen molar-refractivity contribution in [2.75, 3.05) is 31.1 Å². The first-order valence-electron chi connectivity index (χ1n) is 7.59. The lowest BCUT2D eigenvalue weighted by atomic mass is 10.3. The summed E-state index contributed by atoms with van der Waals surface area (Å²) in [4.78, 5) is 25.6. The van der Waals surface area contributed by atoms with Crippen LogP contribution in [0, 0.1) is 0 Å². The van der Waals surface area contributed by atoms with Gasteiger partial charge in [0.25, 0.3) is 5.91 Å². The summed E-state index contributed by atoms with van der Waals surface area (Å²) in [5.74, 6) is 0.989. The number of piperazine rings is 1. The van der Waals surface area contributed by atoms with Crippen LogP contribution < -0.4 is 4.90 Å². The molecule has 3 heterocycles. The Morgan fingerprint density at radius 3 is 2.65 bits per heavy atom. The second kappa shape index (κ2) is 5.66. The number of imidazole rings is 1. The molecule has 0 bridgehead atoms. The van der Waals surface area contributed by atoms with Gasteiger partial charge in [-0.1, -0.05) is 12.1 Å². The number of hydrogen-bond acceptors (Lipinski definition) is 5. The van der Waals surface area contributed by atoms with E-state index < -0.39 is 0 Å². The number of para-hydroxylation sites is 1. The molecule has 1 saturated heterocycles. The average Bonchev–Trinajstić information content (AvgIpc) is 3.20. The van der Waals surface area contributed by atoms with Crippen LogP contribution in [0.5, 0.6) is 0 Å². The van der Waals surface area contributed by atoms with E-state index in [1.165, 1.54) is 11.3 Å². The molecule has 0 unspecified atom stereocenters. The summed E-state index contributed by atoms with van der Waals surface area (Å²) in [5, 5.41) is 0.580. The first-order chi connectivity index (χ1) is 11.2. The maximum atomic E-state index is 12.7. The van der Waals surface area contributed by atoms with E-state index in [-0.39, 0.29) is 5.91 Å². The summed E-state index contributed by atoms with van der Waals surface area (Å²) in [6, 6.07) is 7.87. The van der Waals surface area contributed by atoms with Gasteiger partial charge in [0.05, 0.1) is 10.2 Å². The minimum atomic E-state index is 0.0330. The van der Waals surface area contributed by atoms with E-state index in [9.17, 15) is 4.79 Å². The number of aromatic nitrogens is 3. The highest BCUT2D eigenvalue weighted by molar-refractivity contribution is 7.20. The third-order valence-electron chi connectivity index (χ3n) is 4.12. The number of aryl methyl sites for hydroxylation is 1. The van der Waals surface area contributed by atoms with E-state index in [0.717, 1.165) is 29.3 Å². The molecule has 7 heteroatoms. The van der Waals surface area contributed by atoms with Gasteiger partial charge in [-0.3, -0.25) is 4.79 Å². The van der Waals surface area contributed by atoms with Crippen molar-refractivity contribution in [1.29, 1.82) is 0 Å². The van der Waals surface area contributed by atoms with E-state index in [0.29, 0.717) is 18.1 Å². The van der Waals surface area contributed by atoms with Crippen molar-refractivity contribution in [3.05, 3.63) is 41.7 Å². The summed E-state index contributed by atoms with van der Waals surface area (Å²) in [6.45, 7) is 2.98. The number of hydrogen-bond donors (Lipinski definition) is 0. The van der Waals surface area contributed by atoms with Crippen LogP contribution >= 0.6 is 11.3 Å². The summed E-state index contributed by atoms with van der Waals surface area (Å²) in [5.41, 5.74) is 0.896. The normalized spacial score (nSPS) is 15.3. The standard InChI is InChI=1S/C16H17N5OS/c1-19-7-6-17-16(19)21-10-8-20(9-11-21)15(22)14-18-12-4-2-3-5-13(12)23-14/h2-7H,8-11H2,1H3. The van der Waals surface area contributed by atoms with Crippen molar-refractivity contribution < 1.29 is 4.79 Å². The summed E-state index contributed by atoms with van der Waals surface area (Å²) < 4.78 is 3.06. The monoisotopic (exact) mass is 327 g/mol. The fourth-order valence-electron chi connectivity index (χ4n) is 2.87. The molecular formula is C16H17N5OS. The zero-order valence-electron chi connectivity index (χ0n) is 12.8. The molecule has 1 amide bonds. The molecule has 0 saturated carbocycles. The van der Waals surface area contributed by atoms with Gasteiger partial charge in [-0.2, -0.15) is 0 Å². The molecular weight excluding hydrogens is 310 g/mol. The van der Waals surface area contributed by atoms with Gasteiger partial charge in [-0.05, 0) is 12.1 Å². The Bertz CT molecular complexity index is 814. The van der Waals surface area contributed by atoms with Crippen LogP contribution in [0.25, 0.3) is 10.2 Å². The molecule has 2 aromatic heterocycles. The van der Waals surface area contributed by atoms with Crippen LogP contribution in [0.4, 0.5) is 5.95 Å². The van der Waals surface area contributed by atoms with Gasteiger partial charge in [0.1, 0.15) is 0 Å². The van der Waals surface area contributed by atoms with Crippen LogP contribution in [0.3, 0.4) is 0 Å². The zero-order chi connectivity index (χ0) is 15.8. The van der Waals surface area contributed by atoms with Gasteiger partial charge in [0, 0.05) is 45.6 Å². The Morgan fingerprint density at radius 2 is 1.96 bits per heavy atom. The van der Waals surface area contributed by atoms with E-state index in [1.54, 1.807) is 6.20 Å². The number of anilines is 1. The third kappa shape index (κ3) is 2.57. The van der Waals surface area contributed by atoms with Crippen molar-refractivity contribution in [1.82, 2.24) is 19.4 Å². The molecule has 6 nitrogen and oxygen atoms in total. The van der Waals surface area contributed by atoms with Gasteiger partial charge >= 0.3 is 0 Å². The van der Waals surface area contributed by atoms with Crippen LogP contribution in [0.15, 0.2) is 36.7 Å². The highest BCUT2D eigenvalue weighted by atomic mass is 32.1. The molecule has 0 aliphatic carbocycles. The minimum Gasteiger partial charge on any atom is -0.339 e. The Balaban J connectivity index is 1.47. The van der Waals surface area contributed by atoms with E-state index in [1.807, 2.05) is 47.0 Å². The molecule has 0 N–H and O–H groups in total. The Hall–Kier alpha value is -2.41. The zero-order valence-corrected chi connectivity index (χ0v) is 13.7. The Morgan fingerprint density at radius 1 is 1.17 bits per heavy atom. The number of carbonyl (C=O) groups is 1. The second-order valence-electron chi connectivity index (χ2n) is 5.60. The lowest BCUT2D eigenvalue weighted by Crippen LogP contribution is -2.49. The number of benzene rings is 1.